The lowest BCUT2D eigenvalue weighted by Crippen LogP contribution is -2.31. The van der Waals surface area contributed by atoms with Crippen LogP contribution in [0.4, 0.5) is 4.79 Å². The third-order valence-corrected chi connectivity index (χ3v) is 1.73. The van der Waals surface area contributed by atoms with Gasteiger partial charge in [0.1, 0.15) is 19.3 Å². The molecule has 0 aromatic heterocycles. The molecule has 0 saturated carbocycles. The van der Waals surface area contributed by atoms with E-state index < -0.39 is 18.8 Å². The molecule has 6 nitrogen and oxygen atoms in total. The Bertz CT molecular complexity index is 229. The predicted octanol–water partition coefficient (Wildman–Crippen LogP) is 0.00610. The van der Waals surface area contributed by atoms with Crippen LogP contribution in [0.2, 0.25) is 0 Å². The highest BCUT2D eigenvalue weighted by molar-refractivity contribution is 5.67. The van der Waals surface area contributed by atoms with Crippen LogP contribution in [0.25, 0.3) is 0 Å². The summed E-state index contributed by atoms with van der Waals surface area (Å²) in [6.07, 6.45) is 0.136. The SMILES string of the molecule is CC=C(C)OCCNC(=O)OCC(O)CO. The maximum Gasteiger partial charge on any atom is 0.407 e. The van der Waals surface area contributed by atoms with Gasteiger partial charge >= 0.3 is 6.09 Å². The highest BCUT2D eigenvalue weighted by atomic mass is 16.6. The zero-order valence-corrected chi connectivity index (χ0v) is 9.60. The highest BCUT2D eigenvalue weighted by Crippen LogP contribution is 1.92. The van der Waals surface area contributed by atoms with Crippen molar-refractivity contribution >= 4 is 6.09 Å². The van der Waals surface area contributed by atoms with E-state index in [9.17, 15) is 4.79 Å². The number of nitrogens with one attached hydrogen (secondary N) is 1. The van der Waals surface area contributed by atoms with Gasteiger partial charge in [-0.25, -0.2) is 4.79 Å². The number of aliphatic hydroxyl groups is 2. The smallest absolute Gasteiger partial charge is 0.407 e. The minimum atomic E-state index is -1.03. The number of carbonyl (C=O) groups excluding carboxylic acids is 1. The fourth-order valence-electron chi connectivity index (χ4n) is 0.724. The van der Waals surface area contributed by atoms with Gasteiger partial charge in [0.2, 0.25) is 0 Å². The van der Waals surface area contributed by atoms with Crippen LogP contribution in [0.3, 0.4) is 0 Å². The molecule has 0 aromatic carbocycles. The van der Waals surface area contributed by atoms with Crippen LogP contribution in [0.5, 0.6) is 0 Å². The van der Waals surface area contributed by atoms with E-state index in [4.69, 9.17) is 14.9 Å². The molecule has 6 heteroatoms. The minimum absolute atomic E-state index is 0.225. The Balaban J connectivity index is 3.44. The Morgan fingerprint density at radius 2 is 2.19 bits per heavy atom. The maximum atomic E-state index is 11.0. The lowest BCUT2D eigenvalue weighted by Gasteiger charge is -2.10. The average molecular weight is 233 g/mol. The first-order valence-corrected chi connectivity index (χ1v) is 5.05. The van der Waals surface area contributed by atoms with Gasteiger partial charge in [-0.1, -0.05) is 6.08 Å². The second kappa shape index (κ2) is 8.99. The lowest BCUT2D eigenvalue weighted by atomic mass is 10.4. The van der Waals surface area contributed by atoms with E-state index in [2.05, 4.69) is 10.1 Å². The number of ether oxygens (including phenoxy) is 2. The van der Waals surface area contributed by atoms with Crippen molar-refractivity contribution in [2.45, 2.75) is 20.0 Å². The monoisotopic (exact) mass is 233 g/mol. The molecule has 0 aliphatic carbocycles. The van der Waals surface area contributed by atoms with E-state index >= 15 is 0 Å². The van der Waals surface area contributed by atoms with Crippen LogP contribution < -0.4 is 5.32 Å². The second-order valence-electron chi connectivity index (χ2n) is 3.11. The van der Waals surface area contributed by atoms with Crippen molar-refractivity contribution in [1.29, 1.82) is 0 Å². The largest absolute Gasteiger partial charge is 0.497 e. The quantitative estimate of drug-likeness (QED) is 0.426. The number of hydrogen-bond donors (Lipinski definition) is 3. The zero-order valence-electron chi connectivity index (χ0n) is 9.60. The maximum absolute atomic E-state index is 11.0. The van der Waals surface area contributed by atoms with Crippen molar-refractivity contribution in [2.24, 2.45) is 0 Å². The molecule has 1 amide bonds. The Morgan fingerprint density at radius 1 is 1.50 bits per heavy atom. The third kappa shape index (κ3) is 8.07. The van der Waals surface area contributed by atoms with E-state index in [0.29, 0.717) is 13.2 Å². The molecule has 16 heavy (non-hydrogen) atoms. The summed E-state index contributed by atoms with van der Waals surface area (Å²) in [5.41, 5.74) is 0. The lowest BCUT2D eigenvalue weighted by molar-refractivity contribution is 0.0317. The molecule has 0 rings (SSSR count). The third-order valence-electron chi connectivity index (χ3n) is 1.73. The topological polar surface area (TPSA) is 88.0 Å². The minimum Gasteiger partial charge on any atom is -0.497 e. The molecule has 0 aliphatic heterocycles. The summed E-state index contributed by atoms with van der Waals surface area (Å²) in [5.74, 6) is 0.783. The summed E-state index contributed by atoms with van der Waals surface area (Å²) in [6, 6.07) is 0. The molecule has 94 valence electrons. The molecule has 0 saturated heterocycles. The van der Waals surface area contributed by atoms with E-state index in [1.807, 2.05) is 19.9 Å². The molecule has 0 aromatic rings. The van der Waals surface area contributed by atoms with Gasteiger partial charge in [-0.15, -0.1) is 0 Å². The van der Waals surface area contributed by atoms with E-state index in [1.54, 1.807) is 0 Å². The summed E-state index contributed by atoms with van der Waals surface area (Å²) < 4.78 is 9.79. The van der Waals surface area contributed by atoms with Gasteiger partial charge in [0.05, 0.1) is 18.9 Å². The molecule has 0 aliphatic rings. The van der Waals surface area contributed by atoms with Gasteiger partial charge in [-0.2, -0.15) is 0 Å². The van der Waals surface area contributed by atoms with Gasteiger partial charge in [0.25, 0.3) is 0 Å². The van der Waals surface area contributed by atoms with Crippen LogP contribution in [0, 0.1) is 0 Å². The number of rotatable bonds is 7. The molecule has 0 heterocycles. The van der Waals surface area contributed by atoms with Crippen molar-refractivity contribution in [1.82, 2.24) is 5.32 Å². The summed E-state index contributed by atoms with van der Waals surface area (Å²) >= 11 is 0. The standard InChI is InChI=1S/C10H19NO5/c1-3-8(2)15-5-4-11-10(14)16-7-9(13)6-12/h3,9,12-13H,4-7H2,1-2H3,(H,11,14). The molecular weight excluding hydrogens is 214 g/mol. The number of alkyl carbamates (subject to hydrolysis) is 1. The van der Waals surface area contributed by atoms with Crippen LogP contribution in [-0.2, 0) is 9.47 Å². The predicted molar refractivity (Wildman–Crippen MR) is 57.8 cm³/mol. The summed E-state index contributed by atoms with van der Waals surface area (Å²) in [7, 11) is 0. The first-order chi connectivity index (χ1) is 7.60. The van der Waals surface area contributed by atoms with Gasteiger partial charge in [0.15, 0.2) is 0 Å². The van der Waals surface area contributed by atoms with Crippen LogP contribution in [-0.4, -0.2) is 48.8 Å². The molecule has 1 unspecified atom stereocenters. The van der Waals surface area contributed by atoms with Crippen LogP contribution in [0.1, 0.15) is 13.8 Å². The van der Waals surface area contributed by atoms with Crippen molar-refractivity contribution < 1.29 is 24.5 Å². The normalized spacial score (nSPS) is 13.1. The Morgan fingerprint density at radius 3 is 2.75 bits per heavy atom. The van der Waals surface area contributed by atoms with Gasteiger partial charge in [-0.3, -0.25) is 0 Å². The molecule has 0 spiro atoms. The van der Waals surface area contributed by atoms with Crippen molar-refractivity contribution in [2.75, 3.05) is 26.4 Å². The molecular formula is C10H19NO5. The number of carbonyl (C=O) groups is 1. The van der Waals surface area contributed by atoms with Crippen LogP contribution in [0.15, 0.2) is 11.8 Å². The first kappa shape index (κ1) is 14.7. The van der Waals surface area contributed by atoms with Crippen molar-refractivity contribution in [3.63, 3.8) is 0 Å². The molecule has 1 atom stereocenters. The Kier molecular flexibility index (Phi) is 8.28. The van der Waals surface area contributed by atoms with Crippen molar-refractivity contribution in [3.8, 4) is 0 Å². The molecule has 0 fully saturated rings. The van der Waals surface area contributed by atoms with E-state index in [1.165, 1.54) is 0 Å². The van der Waals surface area contributed by atoms with Crippen LogP contribution >= 0.6 is 0 Å². The number of allylic oxidation sites excluding steroid dienone is 2. The highest BCUT2D eigenvalue weighted by Gasteiger charge is 2.06. The van der Waals surface area contributed by atoms with Crippen molar-refractivity contribution in [3.05, 3.63) is 11.8 Å². The summed E-state index contributed by atoms with van der Waals surface area (Å²) in [5, 5.41) is 19.8. The fraction of sp³-hybridized carbons (Fsp3) is 0.700. The molecule has 3 N–H and O–H groups in total. The Hall–Kier alpha value is -1.27. The van der Waals surface area contributed by atoms with Gasteiger partial charge in [-0.05, 0) is 13.8 Å². The fourth-order valence-corrected chi connectivity index (χ4v) is 0.724. The second-order valence-corrected chi connectivity index (χ2v) is 3.11. The van der Waals surface area contributed by atoms with Gasteiger partial charge in [0, 0.05) is 0 Å². The summed E-state index contributed by atoms with van der Waals surface area (Å²) in [6.45, 7) is 3.68. The summed E-state index contributed by atoms with van der Waals surface area (Å²) in [4.78, 5) is 11.0. The first-order valence-electron chi connectivity index (χ1n) is 5.05. The Labute approximate surface area is 94.9 Å². The number of hydrogen-bond acceptors (Lipinski definition) is 5. The van der Waals surface area contributed by atoms with Gasteiger partial charge < -0.3 is 25.0 Å². The van der Waals surface area contributed by atoms with E-state index in [0.717, 1.165) is 5.76 Å². The molecule has 0 bridgehead atoms. The zero-order chi connectivity index (χ0) is 12.4. The number of aliphatic hydroxyl groups excluding tert-OH is 2. The average Bonchev–Trinajstić information content (AvgIpc) is 2.31. The van der Waals surface area contributed by atoms with E-state index in [-0.39, 0.29) is 6.61 Å². The molecule has 0 radical (unpaired) electrons. The number of amides is 1.